The second-order valence-electron chi connectivity index (χ2n) is 7.98. The van der Waals surface area contributed by atoms with Crippen LogP contribution in [0.1, 0.15) is 69.2 Å². The van der Waals surface area contributed by atoms with Gasteiger partial charge >= 0.3 is 5.97 Å². The summed E-state index contributed by atoms with van der Waals surface area (Å²) in [7, 11) is 0. The van der Waals surface area contributed by atoms with E-state index in [9.17, 15) is 19.2 Å². The zero-order chi connectivity index (χ0) is 22.0. The number of hydrogen-bond donors (Lipinski definition) is 1. The molecule has 3 amide bonds. The first kappa shape index (κ1) is 20.8. The predicted octanol–water partition coefficient (Wildman–Crippen LogP) is 3.09. The van der Waals surface area contributed by atoms with Crippen molar-refractivity contribution in [2.75, 3.05) is 0 Å². The van der Waals surface area contributed by atoms with Gasteiger partial charge in [0.2, 0.25) is 0 Å². The molecular formula is C24H24N2O5. The van der Waals surface area contributed by atoms with Crippen molar-refractivity contribution in [1.29, 1.82) is 0 Å². The number of carbonyl (C=O) groups excluding carboxylic acids is 4. The van der Waals surface area contributed by atoms with Crippen LogP contribution < -0.4 is 5.32 Å². The fourth-order valence-electron chi connectivity index (χ4n) is 4.03. The van der Waals surface area contributed by atoms with Crippen LogP contribution in [-0.2, 0) is 16.1 Å². The minimum Gasteiger partial charge on any atom is -0.449 e. The highest BCUT2D eigenvalue weighted by atomic mass is 16.5. The molecular weight excluding hydrogens is 396 g/mol. The Bertz CT molecular complexity index is 1010. The monoisotopic (exact) mass is 420 g/mol. The van der Waals surface area contributed by atoms with Crippen molar-refractivity contribution in [1.82, 2.24) is 10.2 Å². The summed E-state index contributed by atoms with van der Waals surface area (Å²) < 4.78 is 5.33. The summed E-state index contributed by atoms with van der Waals surface area (Å²) in [5.41, 5.74) is 1.64. The molecule has 0 saturated heterocycles. The summed E-state index contributed by atoms with van der Waals surface area (Å²) in [5.74, 6) is -1.64. The third-order valence-electron chi connectivity index (χ3n) is 5.74. The molecule has 7 nitrogen and oxygen atoms in total. The molecule has 2 aromatic carbocycles. The lowest BCUT2D eigenvalue weighted by molar-refractivity contribution is -0.129. The van der Waals surface area contributed by atoms with Crippen molar-refractivity contribution >= 4 is 23.7 Å². The molecule has 0 radical (unpaired) electrons. The molecule has 1 atom stereocenters. The van der Waals surface area contributed by atoms with Crippen LogP contribution in [0.4, 0.5) is 0 Å². The van der Waals surface area contributed by atoms with Gasteiger partial charge in [-0.15, -0.1) is 0 Å². The van der Waals surface area contributed by atoms with E-state index in [0.717, 1.165) is 30.6 Å². The molecule has 1 saturated carbocycles. The number of nitrogens with zero attached hydrogens (tertiary/aromatic N) is 1. The Kier molecular flexibility index (Phi) is 5.84. The molecule has 1 aliphatic heterocycles. The molecule has 0 aromatic heterocycles. The highest BCUT2D eigenvalue weighted by Gasteiger charge is 2.35. The summed E-state index contributed by atoms with van der Waals surface area (Å²) in [5, 5.41) is 2.92. The van der Waals surface area contributed by atoms with Gasteiger partial charge in [-0.3, -0.25) is 19.3 Å². The van der Waals surface area contributed by atoms with Gasteiger partial charge in [0.1, 0.15) is 0 Å². The molecule has 31 heavy (non-hydrogen) atoms. The summed E-state index contributed by atoms with van der Waals surface area (Å²) in [4.78, 5) is 51.1. The predicted molar refractivity (Wildman–Crippen MR) is 112 cm³/mol. The number of hydrogen-bond acceptors (Lipinski definition) is 5. The highest BCUT2D eigenvalue weighted by molar-refractivity contribution is 6.21. The smallest absolute Gasteiger partial charge is 0.338 e. The maximum Gasteiger partial charge on any atom is 0.338 e. The molecule has 4 rings (SSSR count). The first-order chi connectivity index (χ1) is 14.9. The first-order valence-electron chi connectivity index (χ1n) is 10.5. The number of rotatable bonds is 6. The van der Waals surface area contributed by atoms with Gasteiger partial charge in [-0.25, -0.2) is 4.79 Å². The molecule has 1 heterocycles. The van der Waals surface area contributed by atoms with Crippen LogP contribution in [0.3, 0.4) is 0 Å². The Hall–Kier alpha value is -3.48. The van der Waals surface area contributed by atoms with Crippen molar-refractivity contribution in [3.05, 3.63) is 70.8 Å². The normalized spacial score (nSPS) is 16.9. The lowest BCUT2D eigenvalue weighted by atomic mass is 10.1. The lowest BCUT2D eigenvalue weighted by Crippen LogP contribution is -2.40. The topological polar surface area (TPSA) is 92.8 Å². The van der Waals surface area contributed by atoms with Crippen LogP contribution in [0.5, 0.6) is 0 Å². The van der Waals surface area contributed by atoms with E-state index in [-0.39, 0.29) is 35.9 Å². The average Bonchev–Trinajstić information content (AvgIpc) is 3.37. The third-order valence-corrected chi connectivity index (χ3v) is 5.74. The van der Waals surface area contributed by atoms with Crippen LogP contribution in [0.25, 0.3) is 0 Å². The summed E-state index contributed by atoms with van der Waals surface area (Å²) in [6, 6.07) is 13.4. The minimum atomic E-state index is -0.909. The standard InChI is InChI=1S/C24H24N2O5/c1-15(21(27)25-18-9-2-3-10-18)31-24(30)17-8-6-7-16(13-17)14-26-22(28)19-11-4-5-12-20(19)23(26)29/h4-8,11-13,15,18H,2-3,9-10,14H2,1H3,(H,25,27)/t15-/m1/s1. The molecule has 0 bridgehead atoms. The van der Waals surface area contributed by atoms with Crippen molar-refractivity contribution in [2.24, 2.45) is 0 Å². The van der Waals surface area contributed by atoms with E-state index in [2.05, 4.69) is 5.32 Å². The van der Waals surface area contributed by atoms with Crippen molar-refractivity contribution in [3.8, 4) is 0 Å². The number of esters is 1. The zero-order valence-corrected chi connectivity index (χ0v) is 17.3. The second kappa shape index (κ2) is 8.71. The van der Waals surface area contributed by atoms with Crippen LogP contribution >= 0.6 is 0 Å². The molecule has 160 valence electrons. The van der Waals surface area contributed by atoms with E-state index >= 15 is 0 Å². The SMILES string of the molecule is C[C@@H](OC(=O)c1cccc(CN2C(=O)c3ccccc3C2=O)c1)C(=O)NC1CCCC1. The maximum atomic E-state index is 12.6. The van der Waals surface area contributed by atoms with Crippen molar-refractivity contribution in [2.45, 2.75) is 51.3 Å². The quantitative estimate of drug-likeness (QED) is 0.573. The number of carbonyl (C=O) groups is 4. The van der Waals surface area contributed by atoms with Gasteiger partial charge in [0.15, 0.2) is 6.10 Å². The number of amides is 3. The van der Waals surface area contributed by atoms with E-state index < -0.39 is 12.1 Å². The molecule has 1 aliphatic carbocycles. The van der Waals surface area contributed by atoms with Crippen LogP contribution in [0.2, 0.25) is 0 Å². The summed E-state index contributed by atoms with van der Waals surface area (Å²) >= 11 is 0. The van der Waals surface area contributed by atoms with E-state index in [1.807, 2.05) is 0 Å². The average molecular weight is 420 g/mol. The van der Waals surface area contributed by atoms with E-state index in [1.165, 1.54) is 0 Å². The zero-order valence-electron chi connectivity index (χ0n) is 17.3. The fraction of sp³-hybridized carbons (Fsp3) is 0.333. The molecule has 2 aliphatic rings. The van der Waals surface area contributed by atoms with Gasteiger partial charge in [-0.1, -0.05) is 37.1 Å². The van der Waals surface area contributed by atoms with Gasteiger partial charge < -0.3 is 10.1 Å². The van der Waals surface area contributed by atoms with E-state index in [4.69, 9.17) is 4.74 Å². The van der Waals surface area contributed by atoms with Gasteiger partial charge in [0.25, 0.3) is 17.7 Å². The number of ether oxygens (including phenoxy) is 1. The van der Waals surface area contributed by atoms with Crippen molar-refractivity contribution < 1.29 is 23.9 Å². The number of imide groups is 1. The Morgan fingerprint density at radius 3 is 2.32 bits per heavy atom. The summed E-state index contributed by atoms with van der Waals surface area (Å²) in [6.07, 6.45) is 3.18. The van der Waals surface area contributed by atoms with Crippen LogP contribution in [0.15, 0.2) is 48.5 Å². The number of benzene rings is 2. The summed E-state index contributed by atoms with van der Waals surface area (Å²) in [6.45, 7) is 1.59. The lowest BCUT2D eigenvalue weighted by Gasteiger charge is -2.17. The first-order valence-corrected chi connectivity index (χ1v) is 10.5. The van der Waals surface area contributed by atoms with Crippen molar-refractivity contribution in [3.63, 3.8) is 0 Å². The fourth-order valence-corrected chi connectivity index (χ4v) is 4.03. The van der Waals surface area contributed by atoms with Crippen LogP contribution in [0, 0.1) is 0 Å². The molecule has 1 N–H and O–H groups in total. The van der Waals surface area contributed by atoms with E-state index in [1.54, 1.807) is 55.5 Å². The highest BCUT2D eigenvalue weighted by Crippen LogP contribution is 2.24. The Labute approximate surface area is 180 Å². The molecule has 1 fully saturated rings. The number of nitrogens with one attached hydrogen (secondary N) is 1. The minimum absolute atomic E-state index is 0.0468. The molecule has 0 spiro atoms. The van der Waals surface area contributed by atoms with Gasteiger partial charge in [-0.05, 0) is 49.6 Å². The maximum absolute atomic E-state index is 12.6. The van der Waals surface area contributed by atoms with Gasteiger partial charge in [0.05, 0.1) is 23.2 Å². The molecule has 0 unspecified atom stereocenters. The Balaban J connectivity index is 1.40. The third kappa shape index (κ3) is 4.35. The second-order valence-corrected chi connectivity index (χ2v) is 7.98. The molecule has 7 heteroatoms. The van der Waals surface area contributed by atoms with E-state index in [0.29, 0.717) is 16.7 Å². The van der Waals surface area contributed by atoms with Gasteiger partial charge in [-0.2, -0.15) is 0 Å². The Morgan fingerprint density at radius 2 is 1.68 bits per heavy atom. The number of fused-ring (bicyclic) bond motifs is 1. The molecule has 2 aromatic rings. The largest absolute Gasteiger partial charge is 0.449 e. The van der Waals surface area contributed by atoms with Gasteiger partial charge in [0, 0.05) is 6.04 Å². The Morgan fingerprint density at radius 1 is 1.03 bits per heavy atom. The van der Waals surface area contributed by atoms with Crippen LogP contribution in [-0.4, -0.2) is 40.7 Å².